The molecular weight excluding hydrogens is 273 g/mol. The summed E-state index contributed by atoms with van der Waals surface area (Å²) >= 11 is 0. The largest absolute Gasteiger partial charge is 0.505 e. The monoisotopic (exact) mass is 289 g/mol. The van der Waals surface area contributed by atoms with E-state index >= 15 is 0 Å². The molecule has 0 spiro atoms. The highest BCUT2D eigenvalue weighted by Crippen LogP contribution is 2.23. The summed E-state index contributed by atoms with van der Waals surface area (Å²) < 4.78 is 18.2. The first-order chi connectivity index (χ1) is 10.1. The summed E-state index contributed by atoms with van der Waals surface area (Å²) in [5.41, 5.74) is 1.38. The molecule has 5 heteroatoms. The number of para-hydroxylation sites is 2. The number of phenols is 1. The highest BCUT2D eigenvalue weighted by Gasteiger charge is 2.12. The molecule has 0 aliphatic rings. The topological polar surface area (TPSA) is 58.6 Å². The van der Waals surface area contributed by atoms with Crippen molar-refractivity contribution >= 4 is 11.7 Å². The summed E-state index contributed by atoms with van der Waals surface area (Å²) in [7, 11) is 0. The van der Waals surface area contributed by atoms with Gasteiger partial charge in [0.1, 0.15) is 0 Å². The van der Waals surface area contributed by atoms with Gasteiger partial charge in [-0.3, -0.25) is 0 Å². The van der Waals surface area contributed by atoms with Crippen molar-refractivity contribution in [2.75, 3.05) is 11.9 Å². The fourth-order valence-electron chi connectivity index (χ4n) is 1.92. The maximum absolute atomic E-state index is 13.3. The van der Waals surface area contributed by atoms with Crippen LogP contribution in [0.4, 0.5) is 10.1 Å². The molecule has 0 aromatic heterocycles. The van der Waals surface area contributed by atoms with Crippen molar-refractivity contribution in [2.45, 2.75) is 13.5 Å². The summed E-state index contributed by atoms with van der Waals surface area (Å²) in [5, 5.41) is 12.6. The first-order valence-electron chi connectivity index (χ1n) is 6.60. The van der Waals surface area contributed by atoms with Crippen molar-refractivity contribution in [1.82, 2.24) is 0 Å². The van der Waals surface area contributed by atoms with Gasteiger partial charge in [-0.2, -0.15) is 0 Å². The van der Waals surface area contributed by atoms with Crippen molar-refractivity contribution in [3.8, 4) is 5.75 Å². The molecule has 0 unspecified atom stereocenters. The predicted molar refractivity (Wildman–Crippen MR) is 77.8 cm³/mol. The first kappa shape index (κ1) is 14.8. The number of esters is 1. The van der Waals surface area contributed by atoms with Crippen LogP contribution < -0.4 is 5.32 Å². The first-order valence-corrected chi connectivity index (χ1v) is 6.60. The molecule has 2 aromatic rings. The van der Waals surface area contributed by atoms with E-state index in [1.807, 2.05) is 0 Å². The molecule has 0 atom stereocenters. The zero-order chi connectivity index (χ0) is 15.2. The second-order valence-corrected chi connectivity index (χ2v) is 4.37. The zero-order valence-corrected chi connectivity index (χ0v) is 11.6. The van der Waals surface area contributed by atoms with E-state index in [2.05, 4.69) is 5.32 Å². The number of carbonyl (C=O) groups is 1. The Hall–Kier alpha value is -2.56. The molecule has 2 N–H and O–H groups in total. The average molecular weight is 289 g/mol. The number of aromatic hydroxyl groups is 1. The molecule has 0 bridgehead atoms. The van der Waals surface area contributed by atoms with Gasteiger partial charge in [-0.1, -0.05) is 24.3 Å². The van der Waals surface area contributed by atoms with Crippen molar-refractivity contribution in [1.29, 1.82) is 0 Å². The highest BCUT2D eigenvalue weighted by atomic mass is 19.1. The Labute approximate surface area is 122 Å². The number of ether oxygens (including phenoxy) is 1. The molecule has 0 heterocycles. The minimum absolute atomic E-state index is 0.194. The van der Waals surface area contributed by atoms with E-state index in [9.17, 15) is 14.3 Å². The normalized spacial score (nSPS) is 10.2. The number of phenolic OH excluding ortho intramolecular Hbond substituents is 1. The molecule has 0 radical (unpaired) electrons. The summed E-state index contributed by atoms with van der Waals surface area (Å²) in [6, 6.07) is 11.2. The summed E-state index contributed by atoms with van der Waals surface area (Å²) in [5.74, 6) is -1.49. The van der Waals surface area contributed by atoms with E-state index in [0.29, 0.717) is 16.8 Å². The van der Waals surface area contributed by atoms with Crippen LogP contribution in [0.2, 0.25) is 0 Å². The van der Waals surface area contributed by atoms with Gasteiger partial charge < -0.3 is 15.2 Å². The van der Waals surface area contributed by atoms with Crippen LogP contribution in [0.5, 0.6) is 5.75 Å². The van der Waals surface area contributed by atoms with Crippen LogP contribution in [-0.2, 0) is 11.3 Å². The number of nitrogens with one attached hydrogen (secondary N) is 1. The lowest BCUT2D eigenvalue weighted by Gasteiger charge is -2.12. The number of hydrogen-bond acceptors (Lipinski definition) is 4. The SMILES string of the molecule is CCOC(=O)c1ccccc1NCc1cccc(F)c1O. The predicted octanol–water partition coefficient (Wildman–Crippen LogP) is 3.32. The van der Waals surface area contributed by atoms with E-state index in [-0.39, 0.29) is 13.2 Å². The molecule has 110 valence electrons. The van der Waals surface area contributed by atoms with Crippen LogP contribution in [0.25, 0.3) is 0 Å². The molecule has 0 aliphatic heterocycles. The number of hydrogen-bond donors (Lipinski definition) is 2. The van der Waals surface area contributed by atoms with Gasteiger partial charge in [0.05, 0.1) is 12.2 Å². The van der Waals surface area contributed by atoms with Crippen molar-refractivity contribution in [2.24, 2.45) is 0 Å². The lowest BCUT2D eigenvalue weighted by atomic mass is 10.1. The Bertz CT molecular complexity index is 643. The third-order valence-electron chi connectivity index (χ3n) is 2.96. The van der Waals surface area contributed by atoms with Gasteiger partial charge in [0, 0.05) is 17.8 Å². The maximum atomic E-state index is 13.3. The Morgan fingerprint density at radius 2 is 2.00 bits per heavy atom. The summed E-state index contributed by atoms with van der Waals surface area (Å²) in [6.07, 6.45) is 0. The average Bonchev–Trinajstić information content (AvgIpc) is 2.49. The number of rotatable bonds is 5. The Kier molecular flexibility index (Phi) is 4.77. The second-order valence-electron chi connectivity index (χ2n) is 4.37. The van der Waals surface area contributed by atoms with Crippen LogP contribution in [-0.4, -0.2) is 17.7 Å². The van der Waals surface area contributed by atoms with Gasteiger partial charge in [-0.05, 0) is 25.1 Å². The van der Waals surface area contributed by atoms with Crippen LogP contribution in [0, 0.1) is 5.82 Å². The van der Waals surface area contributed by atoms with Gasteiger partial charge in [-0.25, -0.2) is 9.18 Å². The number of carbonyl (C=O) groups excluding carboxylic acids is 1. The molecule has 2 aromatic carbocycles. The van der Waals surface area contributed by atoms with Gasteiger partial charge >= 0.3 is 5.97 Å². The number of benzene rings is 2. The van der Waals surface area contributed by atoms with Crippen molar-refractivity contribution in [3.05, 3.63) is 59.4 Å². The smallest absolute Gasteiger partial charge is 0.340 e. The Morgan fingerprint density at radius 3 is 2.76 bits per heavy atom. The van der Waals surface area contributed by atoms with Gasteiger partial charge in [0.25, 0.3) is 0 Å². The van der Waals surface area contributed by atoms with Crippen LogP contribution in [0.3, 0.4) is 0 Å². The summed E-state index contributed by atoms with van der Waals surface area (Å²) in [4.78, 5) is 11.8. The van der Waals surface area contributed by atoms with Gasteiger partial charge in [-0.15, -0.1) is 0 Å². The van der Waals surface area contributed by atoms with Crippen molar-refractivity contribution in [3.63, 3.8) is 0 Å². The van der Waals surface area contributed by atoms with E-state index in [1.54, 1.807) is 37.3 Å². The molecule has 0 saturated carbocycles. The van der Waals surface area contributed by atoms with E-state index < -0.39 is 17.5 Å². The fraction of sp³-hybridized carbons (Fsp3) is 0.188. The molecule has 0 amide bonds. The number of halogens is 1. The molecule has 0 fully saturated rings. The number of anilines is 1. The minimum atomic E-state index is -0.673. The lowest BCUT2D eigenvalue weighted by Crippen LogP contribution is -2.10. The van der Waals surface area contributed by atoms with E-state index in [4.69, 9.17) is 4.74 Å². The maximum Gasteiger partial charge on any atom is 0.340 e. The fourth-order valence-corrected chi connectivity index (χ4v) is 1.92. The molecule has 0 aliphatic carbocycles. The Morgan fingerprint density at radius 1 is 1.24 bits per heavy atom. The molecule has 4 nitrogen and oxygen atoms in total. The van der Waals surface area contributed by atoms with E-state index in [0.717, 1.165) is 0 Å². The third kappa shape index (κ3) is 3.51. The zero-order valence-electron chi connectivity index (χ0n) is 11.6. The quantitative estimate of drug-likeness (QED) is 0.829. The van der Waals surface area contributed by atoms with Crippen molar-refractivity contribution < 1.29 is 19.0 Å². The molecule has 2 rings (SSSR count). The standard InChI is InChI=1S/C16H16FNO3/c1-2-21-16(20)12-7-3-4-9-14(12)18-10-11-6-5-8-13(17)15(11)19/h3-9,18-19H,2,10H2,1H3. The Balaban J connectivity index is 2.17. The molecule has 0 saturated heterocycles. The molecule has 21 heavy (non-hydrogen) atoms. The van der Waals surface area contributed by atoms with Gasteiger partial charge in [0.15, 0.2) is 11.6 Å². The lowest BCUT2D eigenvalue weighted by molar-refractivity contribution is 0.0527. The van der Waals surface area contributed by atoms with E-state index in [1.165, 1.54) is 12.1 Å². The van der Waals surface area contributed by atoms with Gasteiger partial charge in [0.2, 0.25) is 0 Å². The van der Waals surface area contributed by atoms with Crippen LogP contribution in [0.15, 0.2) is 42.5 Å². The van der Waals surface area contributed by atoms with Crippen LogP contribution in [0.1, 0.15) is 22.8 Å². The second kappa shape index (κ2) is 6.74. The third-order valence-corrected chi connectivity index (χ3v) is 2.96. The minimum Gasteiger partial charge on any atom is -0.505 e. The van der Waals surface area contributed by atoms with Crippen LogP contribution >= 0.6 is 0 Å². The highest BCUT2D eigenvalue weighted by molar-refractivity contribution is 5.95. The molecular formula is C16H16FNO3. The summed E-state index contributed by atoms with van der Waals surface area (Å²) in [6.45, 7) is 2.22.